The SMILES string of the molecule is CC(C)COC1CC(NC2CC(O)C2(C)C)C1(C)C. The molecule has 0 heterocycles. The minimum Gasteiger partial charge on any atom is -0.392 e. The van der Waals surface area contributed by atoms with E-state index >= 15 is 0 Å². The summed E-state index contributed by atoms with van der Waals surface area (Å²) in [6.07, 6.45) is 2.21. The van der Waals surface area contributed by atoms with E-state index in [9.17, 15) is 5.11 Å². The summed E-state index contributed by atoms with van der Waals surface area (Å²) in [5.41, 5.74) is 0.214. The zero-order valence-corrected chi connectivity index (χ0v) is 13.4. The van der Waals surface area contributed by atoms with E-state index in [1.807, 2.05) is 0 Å². The molecule has 0 saturated heterocycles. The fourth-order valence-electron chi connectivity index (χ4n) is 3.19. The van der Waals surface area contributed by atoms with Gasteiger partial charge in [-0.1, -0.05) is 41.5 Å². The van der Waals surface area contributed by atoms with Gasteiger partial charge in [-0.3, -0.25) is 0 Å². The minimum absolute atomic E-state index is 0.0138. The number of aliphatic hydroxyl groups excluding tert-OH is 1. The van der Waals surface area contributed by atoms with E-state index < -0.39 is 0 Å². The molecule has 2 rings (SSSR count). The normalized spacial score (nSPS) is 39.8. The van der Waals surface area contributed by atoms with Gasteiger partial charge in [0.25, 0.3) is 0 Å². The molecule has 3 heteroatoms. The van der Waals surface area contributed by atoms with Gasteiger partial charge < -0.3 is 15.2 Å². The highest BCUT2D eigenvalue weighted by atomic mass is 16.5. The van der Waals surface area contributed by atoms with Gasteiger partial charge in [0.2, 0.25) is 0 Å². The third kappa shape index (κ3) is 2.70. The fraction of sp³-hybridized carbons (Fsp3) is 1.00. The topological polar surface area (TPSA) is 41.5 Å². The number of aliphatic hydroxyl groups is 1. The summed E-state index contributed by atoms with van der Waals surface area (Å²) in [6, 6.07) is 0.958. The van der Waals surface area contributed by atoms with Crippen LogP contribution in [0.3, 0.4) is 0 Å². The van der Waals surface area contributed by atoms with Crippen LogP contribution in [-0.2, 0) is 4.74 Å². The number of hydrogen-bond donors (Lipinski definition) is 2. The Labute approximate surface area is 118 Å². The second-order valence-corrected chi connectivity index (χ2v) is 8.12. The van der Waals surface area contributed by atoms with Crippen molar-refractivity contribution in [2.24, 2.45) is 16.7 Å². The molecule has 0 aliphatic heterocycles. The van der Waals surface area contributed by atoms with Gasteiger partial charge in [-0.25, -0.2) is 0 Å². The van der Waals surface area contributed by atoms with Crippen molar-refractivity contribution in [3.05, 3.63) is 0 Å². The molecule has 2 saturated carbocycles. The Morgan fingerprint density at radius 2 is 1.68 bits per heavy atom. The van der Waals surface area contributed by atoms with Crippen molar-refractivity contribution in [3.63, 3.8) is 0 Å². The van der Waals surface area contributed by atoms with E-state index in [-0.39, 0.29) is 16.9 Å². The van der Waals surface area contributed by atoms with Gasteiger partial charge in [0, 0.05) is 29.5 Å². The molecule has 0 aromatic rings. The van der Waals surface area contributed by atoms with Crippen LogP contribution in [0.4, 0.5) is 0 Å². The first kappa shape index (κ1) is 15.3. The molecule has 2 aliphatic carbocycles. The van der Waals surface area contributed by atoms with Crippen molar-refractivity contribution in [1.29, 1.82) is 0 Å². The van der Waals surface area contributed by atoms with Gasteiger partial charge in [0.05, 0.1) is 12.2 Å². The zero-order chi connectivity index (χ0) is 14.4. The van der Waals surface area contributed by atoms with Crippen molar-refractivity contribution in [3.8, 4) is 0 Å². The lowest BCUT2D eigenvalue weighted by molar-refractivity contribution is -0.145. The van der Waals surface area contributed by atoms with Crippen LogP contribution in [0, 0.1) is 16.7 Å². The smallest absolute Gasteiger partial charge is 0.0656 e. The highest BCUT2D eigenvalue weighted by Crippen LogP contribution is 2.47. The third-order valence-corrected chi connectivity index (χ3v) is 5.43. The maximum Gasteiger partial charge on any atom is 0.0656 e. The van der Waals surface area contributed by atoms with Crippen LogP contribution in [0.1, 0.15) is 54.4 Å². The van der Waals surface area contributed by atoms with E-state index in [1.165, 1.54) is 0 Å². The summed E-state index contributed by atoms with van der Waals surface area (Å²) in [6.45, 7) is 14.1. The summed E-state index contributed by atoms with van der Waals surface area (Å²) in [7, 11) is 0. The predicted octanol–water partition coefficient (Wildman–Crippen LogP) is 2.58. The second-order valence-electron chi connectivity index (χ2n) is 8.12. The first-order valence-electron chi connectivity index (χ1n) is 7.71. The fourth-order valence-corrected chi connectivity index (χ4v) is 3.19. The van der Waals surface area contributed by atoms with Gasteiger partial charge in [-0.15, -0.1) is 0 Å². The summed E-state index contributed by atoms with van der Waals surface area (Å²) in [4.78, 5) is 0. The molecule has 4 atom stereocenters. The molecule has 112 valence electrons. The highest BCUT2D eigenvalue weighted by molar-refractivity contribution is 5.09. The molecular formula is C16H31NO2. The average Bonchev–Trinajstić information content (AvgIpc) is 2.30. The van der Waals surface area contributed by atoms with Crippen LogP contribution in [-0.4, -0.2) is 36.0 Å². The van der Waals surface area contributed by atoms with Gasteiger partial charge >= 0.3 is 0 Å². The summed E-state index contributed by atoms with van der Waals surface area (Å²) in [5, 5.41) is 13.6. The molecule has 2 fully saturated rings. The van der Waals surface area contributed by atoms with Crippen molar-refractivity contribution < 1.29 is 9.84 Å². The van der Waals surface area contributed by atoms with Crippen LogP contribution in [0.5, 0.6) is 0 Å². The van der Waals surface area contributed by atoms with Gasteiger partial charge in [-0.05, 0) is 18.8 Å². The van der Waals surface area contributed by atoms with Gasteiger partial charge in [0.15, 0.2) is 0 Å². The number of ether oxygens (including phenoxy) is 1. The van der Waals surface area contributed by atoms with Crippen LogP contribution in [0.25, 0.3) is 0 Å². The Morgan fingerprint density at radius 3 is 2.11 bits per heavy atom. The monoisotopic (exact) mass is 269 g/mol. The van der Waals surface area contributed by atoms with Crippen molar-refractivity contribution in [2.45, 2.75) is 78.7 Å². The van der Waals surface area contributed by atoms with Gasteiger partial charge in [-0.2, -0.15) is 0 Å². The Kier molecular flexibility index (Phi) is 4.03. The molecule has 0 amide bonds. The van der Waals surface area contributed by atoms with E-state index in [2.05, 4.69) is 46.9 Å². The van der Waals surface area contributed by atoms with E-state index in [0.29, 0.717) is 24.1 Å². The molecule has 0 aromatic carbocycles. The Bertz CT molecular complexity index is 325. The molecule has 0 aromatic heterocycles. The van der Waals surface area contributed by atoms with E-state index in [1.54, 1.807) is 0 Å². The summed E-state index contributed by atoms with van der Waals surface area (Å²) >= 11 is 0. The lowest BCUT2D eigenvalue weighted by atomic mass is 9.60. The molecule has 19 heavy (non-hydrogen) atoms. The quantitative estimate of drug-likeness (QED) is 0.806. The average molecular weight is 269 g/mol. The summed E-state index contributed by atoms with van der Waals surface area (Å²) in [5.74, 6) is 0.600. The van der Waals surface area contributed by atoms with E-state index in [0.717, 1.165) is 19.4 Å². The molecule has 0 radical (unpaired) electrons. The molecule has 0 spiro atoms. The van der Waals surface area contributed by atoms with Gasteiger partial charge in [0.1, 0.15) is 0 Å². The Morgan fingerprint density at radius 1 is 1.11 bits per heavy atom. The van der Waals surface area contributed by atoms with E-state index in [4.69, 9.17) is 4.74 Å². The maximum atomic E-state index is 9.81. The molecule has 4 unspecified atom stereocenters. The molecular weight excluding hydrogens is 238 g/mol. The highest BCUT2D eigenvalue weighted by Gasteiger charge is 2.54. The first-order chi connectivity index (χ1) is 8.65. The zero-order valence-electron chi connectivity index (χ0n) is 13.4. The second kappa shape index (κ2) is 5.01. The molecule has 3 nitrogen and oxygen atoms in total. The van der Waals surface area contributed by atoms with Crippen molar-refractivity contribution in [2.75, 3.05) is 6.61 Å². The number of rotatable bonds is 5. The number of hydrogen-bond acceptors (Lipinski definition) is 3. The Balaban J connectivity index is 1.82. The standard InChI is InChI=1S/C16H31NO2/c1-10(2)9-19-14-8-12(16(14,5)6)17-11-7-13(18)15(11,3)4/h10-14,17-18H,7-9H2,1-6H3. The first-order valence-corrected chi connectivity index (χ1v) is 7.71. The van der Waals surface area contributed by atoms with Crippen LogP contribution < -0.4 is 5.32 Å². The molecule has 0 bridgehead atoms. The lowest BCUT2D eigenvalue weighted by Gasteiger charge is -2.58. The number of nitrogens with one attached hydrogen (secondary N) is 1. The third-order valence-electron chi connectivity index (χ3n) is 5.43. The lowest BCUT2D eigenvalue weighted by Crippen LogP contribution is -2.69. The van der Waals surface area contributed by atoms with Crippen LogP contribution >= 0.6 is 0 Å². The predicted molar refractivity (Wildman–Crippen MR) is 78.1 cm³/mol. The van der Waals surface area contributed by atoms with Crippen molar-refractivity contribution >= 4 is 0 Å². The van der Waals surface area contributed by atoms with Crippen LogP contribution in [0.2, 0.25) is 0 Å². The molecule has 2 N–H and O–H groups in total. The van der Waals surface area contributed by atoms with Crippen LogP contribution in [0.15, 0.2) is 0 Å². The minimum atomic E-state index is -0.152. The largest absolute Gasteiger partial charge is 0.392 e. The molecule has 2 aliphatic rings. The Hall–Kier alpha value is -0.120. The van der Waals surface area contributed by atoms with Crippen molar-refractivity contribution in [1.82, 2.24) is 5.32 Å². The maximum absolute atomic E-state index is 9.81. The summed E-state index contributed by atoms with van der Waals surface area (Å²) < 4.78 is 6.00.